The molecule has 0 spiro atoms. The summed E-state index contributed by atoms with van der Waals surface area (Å²) in [5.41, 5.74) is 0.859. The van der Waals surface area contributed by atoms with Crippen LogP contribution in [0.5, 0.6) is 0 Å². The molecule has 2 aliphatic rings. The number of hydrogen-bond donors (Lipinski definition) is 1. The monoisotopic (exact) mass is 373 g/mol. The molecule has 8 heteroatoms. The SMILES string of the molecule is COCCNc1ccc(-c2noc([C@@H]3CCCN3C3CCOCC3)n2)cn1. The molecule has 1 atom stereocenters. The van der Waals surface area contributed by atoms with Crippen molar-refractivity contribution in [3.63, 3.8) is 0 Å². The van der Waals surface area contributed by atoms with Gasteiger partial charge in [0, 0.05) is 44.7 Å². The van der Waals surface area contributed by atoms with E-state index in [1.807, 2.05) is 12.1 Å². The molecule has 4 heterocycles. The van der Waals surface area contributed by atoms with Crippen LogP contribution >= 0.6 is 0 Å². The highest BCUT2D eigenvalue weighted by molar-refractivity contribution is 5.55. The first-order valence-corrected chi connectivity index (χ1v) is 9.71. The second kappa shape index (κ2) is 8.77. The van der Waals surface area contributed by atoms with E-state index in [4.69, 9.17) is 14.0 Å². The van der Waals surface area contributed by atoms with Gasteiger partial charge in [-0.05, 0) is 44.4 Å². The number of ether oxygens (including phenoxy) is 2. The number of aromatic nitrogens is 3. The normalized spacial score (nSPS) is 21.6. The van der Waals surface area contributed by atoms with Crippen LogP contribution in [0.2, 0.25) is 0 Å². The summed E-state index contributed by atoms with van der Waals surface area (Å²) in [5, 5.41) is 7.40. The summed E-state index contributed by atoms with van der Waals surface area (Å²) in [4.78, 5) is 11.6. The van der Waals surface area contributed by atoms with E-state index in [2.05, 4.69) is 25.3 Å². The van der Waals surface area contributed by atoms with Gasteiger partial charge in [-0.2, -0.15) is 4.98 Å². The van der Waals surface area contributed by atoms with Crippen LogP contribution in [0.3, 0.4) is 0 Å². The van der Waals surface area contributed by atoms with E-state index in [1.165, 1.54) is 6.42 Å². The predicted octanol–water partition coefficient (Wildman–Crippen LogP) is 2.51. The average molecular weight is 373 g/mol. The Hall–Kier alpha value is -2.03. The van der Waals surface area contributed by atoms with Gasteiger partial charge in [0.25, 0.3) is 0 Å². The Bertz CT molecular complexity index is 714. The molecule has 2 saturated heterocycles. The molecule has 0 amide bonds. The van der Waals surface area contributed by atoms with E-state index in [0.29, 0.717) is 18.5 Å². The van der Waals surface area contributed by atoms with Crippen LogP contribution in [0.15, 0.2) is 22.9 Å². The van der Waals surface area contributed by atoms with Crippen LogP contribution in [0.4, 0.5) is 5.82 Å². The van der Waals surface area contributed by atoms with Crippen molar-refractivity contribution in [2.75, 3.05) is 45.3 Å². The zero-order chi connectivity index (χ0) is 18.5. The molecular formula is C19H27N5O3. The number of nitrogens with one attached hydrogen (secondary N) is 1. The molecule has 0 aromatic carbocycles. The van der Waals surface area contributed by atoms with Gasteiger partial charge in [0.2, 0.25) is 11.7 Å². The number of pyridine rings is 1. The Kier molecular flexibility index (Phi) is 5.96. The van der Waals surface area contributed by atoms with Gasteiger partial charge >= 0.3 is 0 Å². The van der Waals surface area contributed by atoms with Gasteiger partial charge in [-0.15, -0.1) is 0 Å². The van der Waals surface area contributed by atoms with Crippen LogP contribution in [-0.4, -0.2) is 66.1 Å². The lowest BCUT2D eigenvalue weighted by atomic mass is 10.1. The third-order valence-electron chi connectivity index (χ3n) is 5.31. The van der Waals surface area contributed by atoms with Gasteiger partial charge in [0.1, 0.15) is 5.82 Å². The quantitative estimate of drug-likeness (QED) is 0.741. The number of hydrogen-bond acceptors (Lipinski definition) is 8. The number of likely N-dealkylation sites (tertiary alicyclic amines) is 1. The van der Waals surface area contributed by atoms with Gasteiger partial charge in [-0.25, -0.2) is 4.98 Å². The van der Waals surface area contributed by atoms with Gasteiger partial charge in [-0.3, -0.25) is 4.90 Å². The minimum Gasteiger partial charge on any atom is -0.383 e. The fraction of sp³-hybridized carbons (Fsp3) is 0.632. The molecule has 2 aliphatic heterocycles. The molecule has 146 valence electrons. The van der Waals surface area contributed by atoms with Crippen LogP contribution in [-0.2, 0) is 9.47 Å². The maximum absolute atomic E-state index is 5.64. The van der Waals surface area contributed by atoms with Crippen molar-refractivity contribution in [1.29, 1.82) is 0 Å². The second-order valence-corrected chi connectivity index (χ2v) is 7.05. The summed E-state index contributed by atoms with van der Waals surface area (Å²) in [5.74, 6) is 2.12. The Labute approximate surface area is 159 Å². The van der Waals surface area contributed by atoms with Gasteiger partial charge in [0.05, 0.1) is 12.6 Å². The van der Waals surface area contributed by atoms with E-state index in [9.17, 15) is 0 Å². The lowest BCUT2D eigenvalue weighted by molar-refractivity contribution is 0.0243. The van der Waals surface area contributed by atoms with E-state index < -0.39 is 0 Å². The topological polar surface area (TPSA) is 85.5 Å². The summed E-state index contributed by atoms with van der Waals surface area (Å²) in [6, 6.07) is 4.66. The van der Waals surface area contributed by atoms with Crippen molar-refractivity contribution in [2.45, 2.75) is 37.8 Å². The fourth-order valence-corrected chi connectivity index (χ4v) is 3.91. The molecule has 0 aliphatic carbocycles. The Balaban J connectivity index is 1.43. The molecule has 1 N–H and O–H groups in total. The zero-order valence-corrected chi connectivity index (χ0v) is 15.8. The van der Waals surface area contributed by atoms with Crippen LogP contribution < -0.4 is 5.32 Å². The Morgan fingerprint density at radius 1 is 1.26 bits per heavy atom. The molecule has 0 radical (unpaired) electrons. The second-order valence-electron chi connectivity index (χ2n) is 7.05. The van der Waals surface area contributed by atoms with E-state index in [1.54, 1.807) is 13.3 Å². The number of nitrogens with zero attached hydrogens (tertiary/aromatic N) is 4. The fourth-order valence-electron chi connectivity index (χ4n) is 3.91. The minimum atomic E-state index is 0.220. The van der Waals surface area contributed by atoms with E-state index in [-0.39, 0.29) is 6.04 Å². The smallest absolute Gasteiger partial charge is 0.244 e. The maximum Gasteiger partial charge on any atom is 0.244 e. The molecule has 2 aromatic heterocycles. The van der Waals surface area contributed by atoms with Crippen molar-refractivity contribution in [3.05, 3.63) is 24.2 Å². The van der Waals surface area contributed by atoms with Crippen molar-refractivity contribution in [3.8, 4) is 11.4 Å². The standard InChI is InChI=1S/C19H27N5O3/c1-25-12-8-20-17-5-4-14(13-21-17)18-22-19(27-23-18)16-3-2-9-24(16)15-6-10-26-11-7-15/h4-5,13,15-16H,2-3,6-12H2,1H3,(H,20,21)/t16-/m0/s1. The summed E-state index contributed by atoms with van der Waals surface area (Å²) < 4.78 is 16.2. The van der Waals surface area contributed by atoms with Crippen molar-refractivity contribution in [2.24, 2.45) is 0 Å². The molecule has 8 nitrogen and oxygen atoms in total. The first-order chi connectivity index (χ1) is 13.3. The summed E-state index contributed by atoms with van der Waals surface area (Å²) in [7, 11) is 1.68. The van der Waals surface area contributed by atoms with Gasteiger partial charge in [-0.1, -0.05) is 5.16 Å². The Morgan fingerprint density at radius 2 is 2.15 bits per heavy atom. The van der Waals surface area contributed by atoms with Crippen molar-refractivity contribution in [1.82, 2.24) is 20.0 Å². The van der Waals surface area contributed by atoms with E-state index in [0.717, 1.165) is 62.8 Å². The van der Waals surface area contributed by atoms with Gasteiger partial charge < -0.3 is 19.3 Å². The van der Waals surface area contributed by atoms with Crippen LogP contribution in [0.25, 0.3) is 11.4 Å². The van der Waals surface area contributed by atoms with Crippen LogP contribution in [0.1, 0.15) is 37.6 Å². The van der Waals surface area contributed by atoms with Crippen molar-refractivity contribution >= 4 is 5.82 Å². The number of methoxy groups -OCH3 is 1. The first kappa shape index (κ1) is 18.3. The molecule has 4 rings (SSSR count). The zero-order valence-electron chi connectivity index (χ0n) is 15.8. The highest BCUT2D eigenvalue weighted by atomic mass is 16.5. The predicted molar refractivity (Wildman–Crippen MR) is 100 cm³/mol. The lowest BCUT2D eigenvalue weighted by Gasteiger charge is -2.33. The van der Waals surface area contributed by atoms with E-state index >= 15 is 0 Å². The summed E-state index contributed by atoms with van der Waals surface area (Å²) in [6.45, 7) is 4.15. The minimum absolute atomic E-state index is 0.220. The number of rotatable bonds is 7. The first-order valence-electron chi connectivity index (χ1n) is 9.71. The van der Waals surface area contributed by atoms with Crippen molar-refractivity contribution < 1.29 is 14.0 Å². The molecule has 0 bridgehead atoms. The third kappa shape index (κ3) is 4.28. The number of anilines is 1. The molecule has 2 aromatic rings. The highest BCUT2D eigenvalue weighted by Gasteiger charge is 2.36. The maximum atomic E-state index is 5.64. The average Bonchev–Trinajstić information content (AvgIpc) is 3.39. The molecular weight excluding hydrogens is 346 g/mol. The Morgan fingerprint density at radius 3 is 2.93 bits per heavy atom. The summed E-state index contributed by atoms with van der Waals surface area (Å²) in [6.07, 6.45) is 6.18. The van der Waals surface area contributed by atoms with Crippen LogP contribution in [0, 0.1) is 0 Å². The summed E-state index contributed by atoms with van der Waals surface area (Å²) >= 11 is 0. The molecule has 0 unspecified atom stereocenters. The molecule has 27 heavy (non-hydrogen) atoms. The lowest BCUT2D eigenvalue weighted by Crippen LogP contribution is -2.39. The highest BCUT2D eigenvalue weighted by Crippen LogP contribution is 2.35. The third-order valence-corrected chi connectivity index (χ3v) is 5.31. The van der Waals surface area contributed by atoms with Gasteiger partial charge in [0.15, 0.2) is 0 Å². The molecule has 2 fully saturated rings. The molecule has 0 saturated carbocycles. The largest absolute Gasteiger partial charge is 0.383 e.